The fourth-order valence-corrected chi connectivity index (χ4v) is 2.80. The summed E-state index contributed by atoms with van der Waals surface area (Å²) in [5.41, 5.74) is 1.80. The van der Waals surface area contributed by atoms with Crippen molar-refractivity contribution >= 4 is 17.8 Å². The number of nitrogens with one attached hydrogen (secondary N) is 2. The van der Waals surface area contributed by atoms with E-state index in [0.29, 0.717) is 17.4 Å². The van der Waals surface area contributed by atoms with E-state index < -0.39 is 0 Å². The molecule has 1 aromatic heterocycles. The van der Waals surface area contributed by atoms with E-state index in [4.69, 9.17) is 0 Å². The molecule has 1 atom stereocenters. The molecule has 1 fully saturated rings. The molecule has 2 heterocycles. The van der Waals surface area contributed by atoms with Gasteiger partial charge in [0.15, 0.2) is 0 Å². The minimum absolute atomic E-state index is 0.211. The van der Waals surface area contributed by atoms with Crippen molar-refractivity contribution < 1.29 is 4.79 Å². The molecule has 1 aliphatic rings. The van der Waals surface area contributed by atoms with Crippen LogP contribution in [-0.2, 0) is 6.42 Å². The van der Waals surface area contributed by atoms with E-state index >= 15 is 0 Å². The van der Waals surface area contributed by atoms with Crippen molar-refractivity contribution in [2.45, 2.75) is 12.8 Å². The Kier molecular flexibility index (Phi) is 5.00. The van der Waals surface area contributed by atoms with Crippen LogP contribution in [0.15, 0.2) is 30.6 Å². The highest BCUT2D eigenvalue weighted by atomic mass is 16.1. The number of carbonyl (C=O) groups is 1. The molecule has 7 heteroatoms. The molecular formula is C17H22N6O. The van der Waals surface area contributed by atoms with E-state index in [0.717, 1.165) is 19.5 Å². The van der Waals surface area contributed by atoms with Crippen LogP contribution < -0.4 is 15.5 Å². The molecule has 24 heavy (non-hydrogen) atoms. The van der Waals surface area contributed by atoms with Crippen LogP contribution in [0.4, 0.5) is 11.9 Å². The van der Waals surface area contributed by atoms with Crippen molar-refractivity contribution in [2.24, 2.45) is 5.92 Å². The molecule has 2 aromatic rings. The van der Waals surface area contributed by atoms with Gasteiger partial charge in [0.2, 0.25) is 11.9 Å². The number of benzene rings is 1. The van der Waals surface area contributed by atoms with Crippen LogP contribution in [0.1, 0.15) is 22.3 Å². The highest BCUT2D eigenvalue weighted by Gasteiger charge is 2.16. The van der Waals surface area contributed by atoms with Gasteiger partial charge in [0.05, 0.1) is 0 Å². The minimum atomic E-state index is -0.211. The molecule has 1 saturated heterocycles. The van der Waals surface area contributed by atoms with Crippen molar-refractivity contribution in [3.05, 3.63) is 41.7 Å². The third-order valence-electron chi connectivity index (χ3n) is 4.06. The summed E-state index contributed by atoms with van der Waals surface area (Å²) >= 11 is 0. The summed E-state index contributed by atoms with van der Waals surface area (Å²) in [7, 11) is 3.67. The Balaban J connectivity index is 1.69. The first-order valence-electron chi connectivity index (χ1n) is 8.09. The quantitative estimate of drug-likeness (QED) is 0.863. The van der Waals surface area contributed by atoms with Crippen LogP contribution >= 0.6 is 0 Å². The predicted octanol–water partition coefficient (Wildman–Crippen LogP) is 1.34. The summed E-state index contributed by atoms with van der Waals surface area (Å²) in [4.78, 5) is 26.5. The number of hydrogen-bond donors (Lipinski definition) is 2. The zero-order valence-electron chi connectivity index (χ0n) is 14.0. The number of rotatable bonds is 5. The summed E-state index contributed by atoms with van der Waals surface area (Å²) in [6.45, 7) is 2.13. The molecule has 126 valence electrons. The Morgan fingerprint density at radius 3 is 3.00 bits per heavy atom. The van der Waals surface area contributed by atoms with Crippen LogP contribution in [0.3, 0.4) is 0 Å². The molecule has 0 aliphatic carbocycles. The van der Waals surface area contributed by atoms with Gasteiger partial charge in [-0.1, -0.05) is 12.1 Å². The Hall–Kier alpha value is -2.54. The summed E-state index contributed by atoms with van der Waals surface area (Å²) < 4.78 is 0. The van der Waals surface area contributed by atoms with Gasteiger partial charge in [-0.05, 0) is 49.5 Å². The largest absolute Gasteiger partial charge is 0.347 e. The van der Waals surface area contributed by atoms with E-state index in [1.165, 1.54) is 18.3 Å². The number of aromatic nitrogens is 3. The van der Waals surface area contributed by atoms with E-state index in [1.54, 1.807) is 11.0 Å². The average Bonchev–Trinajstić information content (AvgIpc) is 3.08. The Bertz CT molecular complexity index is 712. The average molecular weight is 326 g/mol. The van der Waals surface area contributed by atoms with Crippen molar-refractivity contribution in [1.82, 2.24) is 20.3 Å². The SMILES string of the molecule is CN(C)c1ncnc(NC(=O)c2cccc(CC3CCNC3)c2)n1. The molecule has 1 aromatic carbocycles. The van der Waals surface area contributed by atoms with Gasteiger partial charge >= 0.3 is 0 Å². The molecule has 0 saturated carbocycles. The highest BCUT2D eigenvalue weighted by Crippen LogP contribution is 2.17. The van der Waals surface area contributed by atoms with E-state index in [2.05, 4.69) is 31.7 Å². The van der Waals surface area contributed by atoms with Crippen molar-refractivity contribution in [3.8, 4) is 0 Å². The second-order valence-corrected chi connectivity index (χ2v) is 6.22. The Morgan fingerprint density at radius 1 is 1.38 bits per heavy atom. The number of amides is 1. The maximum Gasteiger partial charge on any atom is 0.258 e. The second-order valence-electron chi connectivity index (χ2n) is 6.22. The van der Waals surface area contributed by atoms with Gasteiger partial charge in [0.1, 0.15) is 6.33 Å². The smallest absolute Gasteiger partial charge is 0.258 e. The zero-order valence-corrected chi connectivity index (χ0v) is 14.0. The van der Waals surface area contributed by atoms with Crippen LogP contribution in [0.5, 0.6) is 0 Å². The van der Waals surface area contributed by atoms with Gasteiger partial charge < -0.3 is 10.2 Å². The lowest BCUT2D eigenvalue weighted by Crippen LogP contribution is -2.18. The van der Waals surface area contributed by atoms with Gasteiger partial charge in [-0.3, -0.25) is 10.1 Å². The minimum Gasteiger partial charge on any atom is -0.347 e. The summed E-state index contributed by atoms with van der Waals surface area (Å²) in [6, 6.07) is 7.74. The predicted molar refractivity (Wildman–Crippen MR) is 93.2 cm³/mol. The van der Waals surface area contributed by atoms with Gasteiger partial charge in [-0.25, -0.2) is 9.97 Å². The van der Waals surface area contributed by atoms with Crippen molar-refractivity contribution in [3.63, 3.8) is 0 Å². The summed E-state index contributed by atoms with van der Waals surface area (Å²) in [5.74, 6) is 1.19. The summed E-state index contributed by atoms with van der Waals surface area (Å²) in [5, 5.41) is 6.11. The monoisotopic (exact) mass is 326 g/mol. The van der Waals surface area contributed by atoms with Crippen LogP contribution in [0.2, 0.25) is 0 Å². The number of hydrogen-bond acceptors (Lipinski definition) is 6. The standard InChI is InChI=1S/C17H22N6O/c1-23(2)17-20-11-19-16(22-17)21-15(24)14-5-3-4-12(9-14)8-13-6-7-18-10-13/h3-5,9,11,13,18H,6-8,10H2,1-2H3,(H,19,20,21,22,24). The molecule has 0 spiro atoms. The molecule has 1 amide bonds. The van der Waals surface area contributed by atoms with Crippen molar-refractivity contribution in [2.75, 3.05) is 37.4 Å². The molecular weight excluding hydrogens is 304 g/mol. The zero-order chi connectivity index (χ0) is 16.9. The Morgan fingerprint density at radius 2 is 2.25 bits per heavy atom. The fourth-order valence-electron chi connectivity index (χ4n) is 2.80. The highest BCUT2D eigenvalue weighted by molar-refractivity contribution is 6.03. The molecule has 0 radical (unpaired) electrons. The molecule has 3 rings (SSSR count). The number of anilines is 2. The Labute approximate surface area is 141 Å². The third kappa shape index (κ3) is 4.05. The molecule has 1 unspecified atom stereocenters. The number of carbonyl (C=O) groups excluding carboxylic acids is 1. The summed E-state index contributed by atoms with van der Waals surface area (Å²) in [6.07, 6.45) is 3.57. The first-order valence-corrected chi connectivity index (χ1v) is 8.09. The number of nitrogens with zero attached hydrogens (tertiary/aromatic N) is 4. The van der Waals surface area contributed by atoms with Crippen LogP contribution in [0, 0.1) is 5.92 Å². The van der Waals surface area contributed by atoms with E-state index in [1.807, 2.05) is 26.2 Å². The molecule has 7 nitrogen and oxygen atoms in total. The molecule has 1 aliphatic heterocycles. The lowest BCUT2D eigenvalue weighted by molar-refractivity contribution is 0.102. The normalized spacial score (nSPS) is 16.8. The lowest BCUT2D eigenvalue weighted by atomic mass is 9.97. The molecule has 0 bridgehead atoms. The van der Waals surface area contributed by atoms with Gasteiger partial charge in [-0.2, -0.15) is 4.98 Å². The second kappa shape index (κ2) is 7.35. The van der Waals surface area contributed by atoms with Gasteiger partial charge in [0.25, 0.3) is 5.91 Å². The third-order valence-corrected chi connectivity index (χ3v) is 4.06. The van der Waals surface area contributed by atoms with Gasteiger partial charge in [-0.15, -0.1) is 0 Å². The fraction of sp³-hybridized carbons (Fsp3) is 0.412. The van der Waals surface area contributed by atoms with E-state index in [-0.39, 0.29) is 11.9 Å². The van der Waals surface area contributed by atoms with Gasteiger partial charge in [0, 0.05) is 19.7 Å². The first-order chi connectivity index (χ1) is 11.6. The lowest BCUT2D eigenvalue weighted by Gasteiger charge is -2.11. The van der Waals surface area contributed by atoms with Crippen molar-refractivity contribution in [1.29, 1.82) is 0 Å². The van der Waals surface area contributed by atoms with E-state index in [9.17, 15) is 4.79 Å². The maximum atomic E-state index is 12.4. The van der Waals surface area contributed by atoms with Crippen LogP contribution in [0.25, 0.3) is 0 Å². The topological polar surface area (TPSA) is 83.0 Å². The first kappa shape index (κ1) is 16.3. The molecule has 2 N–H and O–H groups in total. The van der Waals surface area contributed by atoms with Crippen LogP contribution in [-0.4, -0.2) is 48.0 Å². The maximum absolute atomic E-state index is 12.4.